The average Bonchev–Trinajstić information content (AvgIpc) is 2.37. The summed E-state index contributed by atoms with van der Waals surface area (Å²) in [6.45, 7) is 0. The van der Waals surface area contributed by atoms with E-state index >= 15 is 0 Å². The molecular weight excluding hydrogens is 248 g/mol. The number of rotatable bonds is 4. The first-order valence-electron chi connectivity index (χ1n) is 4.55. The van der Waals surface area contributed by atoms with E-state index in [0.29, 0.717) is 0 Å². The van der Waals surface area contributed by atoms with Gasteiger partial charge in [0.25, 0.3) is 5.34 Å². The predicted octanol–water partition coefficient (Wildman–Crippen LogP) is 1.98. The molecule has 0 aliphatic carbocycles. The topological polar surface area (TPSA) is 79.6 Å². The molecule has 0 bridgehead atoms. The summed E-state index contributed by atoms with van der Waals surface area (Å²) in [5, 5.41) is 16.6. The Bertz CT molecular complexity index is 476. The van der Waals surface area contributed by atoms with Crippen molar-refractivity contribution in [3.8, 4) is 6.07 Å². The van der Waals surface area contributed by atoms with Gasteiger partial charge in [-0.2, -0.15) is 5.26 Å². The van der Waals surface area contributed by atoms with Gasteiger partial charge in [-0.1, -0.05) is 12.1 Å². The summed E-state index contributed by atoms with van der Waals surface area (Å²) in [6.07, 6.45) is 0. The van der Waals surface area contributed by atoms with Gasteiger partial charge in [0.15, 0.2) is 0 Å². The van der Waals surface area contributed by atoms with E-state index in [1.54, 1.807) is 0 Å². The SMILES string of the molecule is COP(=O)(OC)[C@](O)(C#N)c1ccc(F)cc1. The van der Waals surface area contributed by atoms with E-state index in [-0.39, 0.29) is 5.56 Å². The maximum absolute atomic E-state index is 12.7. The van der Waals surface area contributed by atoms with E-state index < -0.39 is 18.8 Å². The quantitative estimate of drug-likeness (QED) is 0.660. The summed E-state index contributed by atoms with van der Waals surface area (Å²) in [6, 6.07) is 5.83. The first-order valence-corrected chi connectivity index (χ1v) is 6.09. The van der Waals surface area contributed by atoms with Crippen LogP contribution in [-0.2, 0) is 19.0 Å². The molecule has 1 atom stereocenters. The van der Waals surface area contributed by atoms with Gasteiger partial charge in [0.05, 0.1) is 0 Å². The molecule has 0 unspecified atom stereocenters. The van der Waals surface area contributed by atoms with E-state index in [2.05, 4.69) is 9.05 Å². The molecule has 0 amide bonds. The lowest BCUT2D eigenvalue weighted by Gasteiger charge is -2.27. The van der Waals surface area contributed by atoms with Crippen LogP contribution in [0.2, 0.25) is 0 Å². The zero-order chi connectivity index (χ0) is 13.1. The number of nitrogens with zero attached hydrogens (tertiary/aromatic N) is 1. The van der Waals surface area contributed by atoms with Crippen LogP contribution >= 0.6 is 7.60 Å². The fraction of sp³-hybridized carbons (Fsp3) is 0.300. The van der Waals surface area contributed by atoms with Gasteiger partial charge in [-0.25, -0.2) is 4.39 Å². The average molecular weight is 259 g/mol. The first-order chi connectivity index (χ1) is 7.93. The number of hydrogen-bond acceptors (Lipinski definition) is 5. The van der Waals surface area contributed by atoms with Crippen molar-refractivity contribution < 1.29 is 23.1 Å². The minimum Gasteiger partial charge on any atom is -0.362 e. The van der Waals surface area contributed by atoms with Crippen LogP contribution in [0.5, 0.6) is 0 Å². The highest BCUT2D eigenvalue weighted by molar-refractivity contribution is 7.55. The molecule has 0 aromatic heterocycles. The molecule has 5 nitrogen and oxygen atoms in total. The first kappa shape index (κ1) is 13.8. The lowest BCUT2D eigenvalue weighted by Crippen LogP contribution is -2.25. The summed E-state index contributed by atoms with van der Waals surface area (Å²) in [5.74, 6) is -0.543. The Morgan fingerprint density at radius 2 is 1.82 bits per heavy atom. The standard InChI is InChI=1S/C10H11FNO4P/c1-15-17(14,16-2)10(13,7-12)8-3-5-9(11)6-4-8/h3-6,13H,1-2H3/t10-/m1/s1. The van der Waals surface area contributed by atoms with Gasteiger partial charge < -0.3 is 14.2 Å². The summed E-state index contributed by atoms with van der Waals surface area (Å²) in [4.78, 5) is 0. The Kier molecular flexibility index (Phi) is 4.02. The second kappa shape index (κ2) is 4.94. The van der Waals surface area contributed by atoms with Crippen LogP contribution in [0.25, 0.3) is 0 Å². The monoisotopic (exact) mass is 259 g/mol. The van der Waals surface area contributed by atoms with Crippen LogP contribution < -0.4 is 0 Å². The van der Waals surface area contributed by atoms with Crippen LogP contribution in [0.1, 0.15) is 5.56 Å². The molecule has 1 rings (SSSR count). The predicted molar refractivity (Wildman–Crippen MR) is 57.5 cm³/mol. The minimum absolute atomic E-state index is 0.0616. The molecule has 0 aliphatic rings. The highest BCUT2D eigenvalue weighted by Crippen LogP contribution is 2.62. The fourth-order valence-corrected chi connectivity index (χ4v) is 2.57. The van der Waals surface area contributed by atoms with Crippen LogP contribution in [0.15, 0.2) is 24.3 Å². The second-order valence-corrected chi connectivity index (χ2v) is 5.53. The Morgan fingerprint density at radius 1 is 1.35 bits per heavy atom. The number of benzene rings is 1. The third kappa shape index (κ3) is 2.24. The summed E-state index contributed by atoms with van der Waals surface area (Å²) in [5.41, 5.74) is -0.0616. The molecular formula is C10H11FNO4P. The highest BCUT2D eigenvalue weighted by atomic mass is 31.2. The Morgan fingerprint density at radius 3 is 2.18 bits per heavy atom. The Hall–Kier alpha value is -1.25. The lowest BCUT2D eigenvalue weighted by molar-refractivity contribution is 0.124. The number of hydrogen-bond donors (Lipinski definition) is 1. The van der Waals surface area contributed by atoms with Gasteiger partial charge in [0.1, 0.15) is 11.9 Å². The molecule has 0 spiro atoms. The summed E-state index contributed by atoms with van der Waals surface area (Å²) in [7, 11) is -1.96. The fourth-order valence-electron chi connectivity index (χ4n) is 1.30. The van der Waals surface area contributed by atoms with Crippen LogP contribution in [-0.4, -0.2) is 19.3 Å². The molecule has 92 valence electrons. The van der Waals surface area contributed by atoms with Crippen molar-refractivity contribution in [1.29, 1.82) is 5.26 Å². The van der Waals surface area contributed by atoms with Gasteiger partial charge in [-0.05, 0) is 12.1 Å². The van der Waals surface area contributed by atoms with Gasteiger partial charge in [-0.15, -0.1) is 0 Å². The molecule has 7 heteroatoms. The second-order valence-electron chi connectivity index (χ2n) is 3.15. The van der Waals surface area contributed by atoms with Crippen molar-refractivity contribution in [2.45, 2.75) is 5.34 Å². The molecule has 1 N–H and O–H groups in total. The van der Waals surface area contributed by atoms with Gasteiger partial charge in [0.2, 0.25) is 0 Å². The molecule has 0 saturated heterocycles. The third-order valence-electron chi connectivity index (χ3n) is 2.28. The van der Waals surface area contributed by atoms with Crippen molar-refractivity contribution in [2.24, 2.45) is 0 Å². The zero-order valence-electron chi connectivity index (χ0n) is 9.25. The minimum atomic E-state index is -4.07. The Labute approximate surface area is 97.9 Å². The van der Waals surface area contributed by atoms with Crippen LogP contribution in [0.3, 0.4) is 0 Å². The molecule has 1 aromatic carbocycles. The van der Waals surface area contributed by atoms with Crippen molar-refractivity contribution in [1.82, 2.24) is 0 Å². The molecule has 0 radical (unpaired) electrons. The Balaban J connectivity index is 3.36. The van der Waals surface area contributed by atoms with E-state index in [4.69, 9.17) is 5.26 Å². The van der Waals surface area contributed by atoms with Crippen LogP contribution in [0, 0.1) is 17.1 Å². The molecule has 0 heterocycles. The van der Waals surface area contributed by atoms with E-state index in [1.165, 1.54) is 6.07 Å². The zero-order valence-corrected chi connectivity index (χ0v) is 10.1. The number of nitriles is 1. The van der Waals surface area contributed by atoms with Gasteiger partial charge in [-0.3, -0.25) is 4.57 Å². The van der Waals surface area contributed by atoms with E-state index in [0.717, 1.165) is 38.5 Å². The summed E-state index contributed by atoms with van der Waals surface area (Å²) < 4.78 is 34.0. The molecule has 0 fully saturated rings. The van der Waals surface area contributed by atoms with Gasteiger partial charge >= 0.3 is 7.60 Å². The molecule has 0 saturated carbocycles. The largest absolute Gasteiger partial charge is 0.380 e. The highest BCUT2D eigenvalue weighted by Gasteiger charge is 2.51. The van der Waals surface area contributed by atoms with Crippen molar-refractivity contribution >= 4 is 7.60 Å². The van der Waals surface area contributed by atoms with Gasteiger partial charge in [0, 0.05) is 19.8 Å². The number of aliphatic hydroxyl groups is 1. The van der Waals surface area contributed by atoms with Crippen molar-refractivity contribution in [3.05, 3.63) is 35.6 Å². The smallest absolute Gasteiger partial charge is 0.362 e. The lowest BCUT2D eigenvalue weighted by atomic mass is 10.1. The number of halogens is 1. The van der Waals surface area contributed by atoms with Crippen molar-refractivity contribution in [2.75, 3.05) is 14.2 Å². The normalized spacial score (nSPS) is 15.0. The molecule has 1 aromatic rings. The third-order valence-corrected chi connectivity index (χ3v) is 4.39. The van der Waals surface area contributed by atoms with E-state index in [9.17, 15) is 14.1 Å². The maximum Gasteiger partial charge on any atom is 0.380 e. The molecule has 17 heavy (non-hydrogen) atoms. The summed E-state index contributed by atoms with van der Waals surface area (Å²) >= 11 is 0. The molecule has 0 aliphatic heterocycles. The maximum atomic E-state index is 12.7. The van der Waals surface area contributed by atoms with Crippen LogP contribution in [0.4, 0.5) is 4.39 Å². The van der Waals surface area contributed by atoms with E-state index in [1.807, 2.05) is 0 Å². The van der Waals surface area contributed by atoms with Crippen molar-refractivity contribution in [3.63, 3.8) is 0 Å².